The number of aliphatic carboxylic acids is 1. The van der Waals surface area contributed by atoms with Crippen LogP contribution in [0.15, 0.2) is 83.5 Å². The number of nitrogens with two attached hydrogens (primary N) is 1. The van der Waals surface area contributed by atoms with E-state index in [0.717, 1.165) is 61.0 Å². The first-order chi connectivity index (χ1) is 16.6. The molecule has 0 amide bonds. The van der Waals surface area contributed by atoms with Crippen LogP contribution in [0.1, 0.15) is 50.8 Å². The van der Waals surface area contributed by atoms with Gasteiger partial charge in [-0.2, -0.15) is 0 Å². The number of nitrogens with one attached hydrogen (secondary N) is 1. The Kier molecular flexibility index (Phi) is 6.35. The Labute approximate surface area is 200 Å². The summed E-state index contributed by atoms with van der Waals surface area (Å²) in [5.41, 5.74) is 13.5. The topological polar surface area (TPSA) is 92.0 Å². The minimum Gasteiger partial charge on any atom is -0.481 e. The van der Waals surface area contributed by atoms with E-state index in [-0.39, 0.29) is 0 Å². The molecule has 174 valence electrons. The van der Waals surface area contributed by atoms with E-state index in [1.165, 1.54) is 16.7 Å². The molecule has 34 heavy (non-hydrogen) atoms. The van der Waals surface area contributed by atoms with E-state index in [4.69, 9.17) is 15.8 Å². The van der Waals surface area contributed by atoms with Crippen molar-refractivity contribution in [3.05, 3.63) is 89.4 Å². The highest BCUT2D eigenvalue weighted by Gasteiger charge is 2.24. The molecule has 0 saturated heterocycles. The molecule has 0 bridgehead atoms. The van der Waals surface area contributed by atoms with E-state index in [1.807, 2.05) is 18.2 Å². The number of carbonyl (C=O) groups is 1. The number of carboxylic acids is 1. The SMILES string of the molecule is Nc1cccc2[nH]c(C3=CCC=C(C4=CCC=C(C5CCC(CC(=O)O)CC5)C=C4)C=C3)nc12. The van der Waals surface area contributed by atoms with Gasteiger partial charge >= 0.3 is 5.97 Å². The van der Waals surface area contributed by atoms with Crippen LogP contribution in [0.25, 0.3) is 16.6 Å². The third kappa shape index (κ3) is 4.84. The quantitative estimate of drug-likeness (QED) is 0.450. The monoisotopic (exact) mass is 453 g/mol. The Morgan fingerprint density at radius 3 is 2.35 bits per heavy atom. The Morgan fingerprint density at radius 1 is 0.941 bits per heavy atom. The highest BCUT2D eigenvalue weighted by atomic mass is 16.4. The second-order valence-electron chi connectivity index (χ2n) is 9.46. The Bertz CT molecular complexity index is 1280. The number of benzene rings is 1. The number of para-hydroxylation sites is 1. The molecular formula is C29H31N3O2. The number of nitrogens with zero attached hydrogens (tertiary/aromatic N) is 1. The number of carboxylic acid groups (broad SMARTS) is 1. The summed E-state index contributed by atoms with van der Waals surface area (Å²) in [6, 6.07) is 5.81. The first-order valence-corrected chi connectivity index (χ1v) is 12.2. The smallest absolute Gasteiger partial charge is 0.303 e. The minimum atomic E-state index is -0.669. The van der Waals surface area contributed by atoms with Crippen LogP contribution in [0.4, 0.5) is 5.69 Å². The van der Waals surface area contributed by atoms with Crippen LogP contribution in [0.5, 0.6) is 0 Å². The number of rotatable bonds is 5. The number of hydrogen-bond donors (Lipinski definition) is 3. The van der Waals surface area contributed by atoms with Gasteiger partial charge in [-0.3, -0.25) is 4.79 Å². The van der Waals surface area contributed by atoms with Crippen molar-refractivity contribution >= 4 is 28.3 Å². The lowest BCUT2D eigenvalue weighted by molar-refractivity contribution is -0.138. The second kappa shape index (κ2) is 9.72. The fraction of sp³-hybridized carbons (Fsp3) is 0.310. The van der Waals surface area contributed by atoms with Crippen LogP contribution in [0.2, 0.25) is 0 Å². The molecule has 0 atom stereocenters. The maximum atomic E-state index is 11.0. The Morgan fingerprint density at radius 2 is 1.62 bits per heavy atom. The Balaban J connectivity index is 1.25. The summed E-state index contributed by atoms with van der Waals surface area (Å²) < 4.78 is 0. The third-order valence-corrected chi connectivity index (χ3v) is 7.20. The number of aromatic amines is 1. The van der Waals surface area contributed by atoms with Crippen LogP contribution < -0.4 is 5.73 Å². The zero-order valence-corrected chi connectivity index (χ0v) is 19.3. The second-order valence-corrected chi connectivity index (χ2v) is 9.46. The van der Waals surface area contributed by atoms with Gasteiger partial charge in [0.2, 0.25) is 0 Å². The largest absolute Gasteiger partial charge is 0.481 e. The average Bonchev–Trinajstić information content (AvgIpc) is 2.98. The normalized spacial score (nSPS) is 22.9. The molecule has 0 aliphatic heterocycles. The van der Waals surface area contributed by atoms with E-state index >= 15 is 0 Å². The third-order valence-electron chi connectivity index (χ3n) is 7.20. The van der Waals surface area contributed by atoms with Crippen molar-refractivity contribution in [1.82, 2.24) is 9.97 Å². The van der Waals surface area contributed by atoms with Crippen LogP contribution in [0.3, 0.4) is 0 Å². The minimum absolute atomic E-state index is 0.311. The van der Waals surface area contributed by atoms with Crippen LogP contribution in [-0.4, -0.2) is 21.0 Å². The van der Waals surface area contributed by atoms with Gasteiger partial charge in [0.15, 0.2) is 0 Å². The predicted octanol–water partition coefficient (Wildman–Crippen LogP) is 6.51. The van der Waals surface area contributed by atoms with Gasteiger partial charge in [0.1, 0.15) is 11.3 Å². The summed E-state index contributed by atoms with van der Waals surface area (Å²) in [5.74, 6) is 1.05. The number of allylic oxidation sites excluding steroid dienone is 12. The molecule has 3 aliphatic rings. The highest BCUT2D eigenvalue weighted by molar-refractivity contribution is 5.89. The van der Waals surface area contributed by atoms with Gasteiger partial charge in [0.25, 0.3) is 0 Å². The molecule has 1 fully saturated rings. The van der Waals surface area contributed by atoms with Gasteiger partial charge in [-0.15, -0.1) is 0 Å². The number of anilines is 1. The molecule has 0 radical (unpaired) electrons. The number of H-pyrrole nitrogens is 1. The maximum Gasteiger partial charge on any atom is 0.303 e. The van der Waals surface area contributed by atoms with Crippen LogP contribution in [0, 0.1) is 11.8 Å². The molecule has 2 aromatic rings. The molecule has 5 rings (SSSR count). The number of hydrogen-bond acceptors (Lipinski definition) is 3. The maximum absolute atomic E-state index is 11.0. The molecule has 1 heterocycles. The molecule has 3 aliphatic carbocycles. The molecule has 0 spiro atoms. The van der Waals surface area contributed by atoms with Crippen LogP contribution >= 0.6 is 0 Å². The lowest BCUT2D eigenvalue weighted by Crippen LogP contribution is -2.18. The lowest BCUT2D eigenvalue weighted by Gasteiger charge is -2.28. The lowest BCUT2D eigenvalue weighted by atomic mass is 9.77. The molecule has 4 N–H and O–H groups in total. The van der Waals surface area contributed by atoms with Gasteiger partial charge in [0.05, 0.1) is 11.2 Å². The van der Waals surface area contributed by atoms with Crippen molar-refractivity contribution in [1.29, 1.82) is 0 Å². The summed E-state index contributed by atoms with van der Waals surface area (Å²) in [5, 5.41) is 9.06. The van der Waals surface area contributed by atoms with Gasteiger partial charge in [0, 0.05) is 12.0 Å². The number of imidazole rings is 1. The summed E-state index contributed by atoms with van der Waals surface area (Å²) in [4.78, 5) is 19.1. The fourth-order valence-electron chi connectivity index (χ4n) is 5.32. The van der Waals surface area contributed by atoms with Gasteiger partial charge in [-0.25, -0.2) is 4.98 Å². The van der Waals surface area contributed by atoms with E-state index in [2.05, 4.69) is 53.6 Å². The molecule has 1 saturated carbocycles. The van der Waals surface area contributed by atoms with E-state index < -0.39 is 5.97 Å². The molecular weight excluding hydrogens is 422 g/mol. The molecule has 0 unspecified atom stereocenters. The van der Waals surface area contributed by atoms with E-state index in [1.54, 1.807) is 0 Å². The first-order valence-electron chi connectivity index (χ1n) is 12.2. The zero-order chi connectivity index (χ0) is 23.5. The average molecular weight is 454 g/mol. The fourth-order valence-corrected chi connectivity index (χ4v) is 5.32. The first kappa shape index (κ1) is 22.2. The Hall–Kier alpha value is -3.60. The van der Waals surface area contributed by atoms with Crippen molar-refractivity contribution in [2.24, 2.45) is 11.8 Å². The van der Waals surface area contributed by atoms with Crippen molar-refractivity contribution in [2.45, 2.75) is 44.9 Å². The van der Waals surface area contributed by atoms with Gasteiger partial charge in [-0.1, -0.05) is 54.7 Å². The van der Waals surface area contributed by atoms with E-state index in [9.17, 15) is 4.79 Å². The van der Waals surface area contributed by atoms with Gasteiger partial charge < -0.3 is 15.8 Å². The van der Waals surface area contributed by atoms with Crippen molar-refractivity contribution in [2.75, 3.05) is 5.73 Å². The van der Waals surface area contributed by atoms with Crippen LogP contribution in [-0.2, 0) is 4.79 Å². The van der Waals surface area contributed by atoms with Crippen molar-refractivity contribution in [3.8, 4) is 0 Å². The summed E-state index contributed by atoms with van der Waals surface area (Å²) in [6.07, 6.45) is 24.2. The number of nitrogen functional groups attached to an aromatic ring is 1. The molecule has 5 nitrogen and oxygen atoms in total. The predicted molar refractivity (Wildman–Crippen MR) is 138 cm³/mol. The van der Waals surface area contributed by atoms with Crippen molar-refractivity contribution in [3.63, 3.8) is 0 Å². The number of aromatic nitrogens is 2. The van der Waals surface area contributed by atoms with Gasteiger partial charge in [-0.05, 0) is 79.2 Å². The molecule has 1 aromatic carbocycles. The molecule has 1 aromatic heterocycles. The van der Waals surface area contributed by atoms with Crippen molar-refractivity contribution < 1.29 is 9.90 Å². The standard InChI is InChI=1S/C29H31N3O2/c30-25-8-3-9-26-28(25)32-29(31-26)24-7-2-6-21(16-17-24)20-4-1-5-22(15-14-20)23-12-10-19(11-13-23)18-27(33)34/h3-9,14-17,19,23H,1-2,10-13,18,30H2,(H,31,32)(H,33,34). The highest BCUT2D eigenvalue weighted by Crippen LogP contribution is 2.36. The summed E-state index contributed by atoms with van der Waals surface area (Å²) in [7, 11) is 0. The van der Waals surface area contributed by atoms with E-state index in [0.29, 0.717) is 23.9 Å². The zero-order valence-electron chi connectivity index (χ0n) is 19.3. The summed E-state index contributed by atoms with van der Waals surface area (Å²) >= 11 is 0. The number of fused-ring (bicyclic) bond motifs is 1. The molecule has 5 heteroatoms. The summed E-state index contributed by atoms with van der Waals surface area (Å²) in [6.45, 7) is 0.